The van der Waals surface area contributed by atoms with Gasteiger partial charge >= 0.3 is 5.97 Å². The molecule has 5 heteroatoms. The normalized spacial score (nSPS) is 13.4. The SMILES string of the molecule is N#CC(Cc1ccc2c(c1)OCO2)c1ccc(C(=O)O)cc1. The lowest BCUT2D eigenvalue weighted by Crippen LogP contribution is -2.02. The van der Waals surface area contributed by atoms with Crippen molar-refractivity contribution in [3.8, 4) is 17.6 Å². The van der Waals surface area contributed by atoms with Crippen LogP contribution in [0, 0.1) is 11.3 Å². The number of nitrogens with zero attached hydrogens (tertiary/aromatic N) is 1. The number of ether oxygens (including phenoxy) is 2. The molecule has 22 heavy (non-hydrogen) atoms. The summed E-state index contributed by atoms with van der Waals surface area (Å²) in [4.78, 5) is 10.9. The Morgan fingerprint density at radius 1 is 1.18 bits per heavy atom. The van der Waals surface area contributed by atoms with Gasteiger partial charge in [-0.1, -0.05) is 18.2 Å². The zero-order chi connectivity index (χ0) is 15.5. The smallest absolute Gasteiger partial charge is 0.335 e. The number of hydrogen-bond acceptors (Lipinski definition) is 4. The molecule has 0 spiro atoms. The average Bonchev–Trinajstić information content (AvgIpc) is 3.00. The Balaban J connectivity index is 1.80. The second-order valence-electron chi connectivity index (χ2n) is 5.00. The maximum absolute atomic E-state index is 10.9. The first-order valence-corrected chi connectivity index (χ1v) is 6.79. The molecule has 0 bridgehead atoms. The second-order valence-corrected chi connectivity index (χ2v) is 5.00. The van der Waals surface area contributed by atoms with E-state index in [0.717, 1.165) is 11.1 Å². The van der Waals surface area contributed by atoms with Crippen LogP contribution in [0.25, 0.3) is 0 Å². The van der Waals surface area contributed by atoms with Gasteiger partial charge in [-0.15, -0.1) is 0 Å². The number of carboxylic acids is 1. The van der Waals surface area contributed by atoms with E-state index in [1.165, 1.54) is 12.1 Å². The lowest BCUT2D eigenvalue weighted by Gasteiger charge is -2.10. The van der Waals surface area contributed by atoms with Gasteiger partial charge in [0.25, 0.3) is 0 Å². The van der Waals surface area contributed by atoms with E-state index in [9.17, 15) is 10.1 Å². The molecule has 0 amide bonds. The molecule has 5 nitrogen and oxygen atoms in total. The number of rotatable bonds is 4. The van der Waals surface area contributed by atoms with E-state index in [0.29, 0.717) is 17.9 Å². The van der Waals surface area contributed by atoms with Gasteiger partial charge in [0.05, 0.1) is 17.6 Å². The molecular formula is C17H13NO4. The molecule has 0 fully saturated rings. The fourth-order valence-electron chi connectivity index (χ4n) is 2.40. The number of nitriles is 1. The standard InChI is InChI=1S/C17H13NO4/c18-9-14(12-2-4-13(5-3-12)17(19)20)7-11-1-6-15-16(8-11)22-10-21-15/h1-6,8,14H,7,10H2,(H,19,20). The van der Waals surface area contributed by atoms with Crippen molar-refractivity contribution in [2.75, 3.05) is 6.79 Å². The number of carbonyl (C=O) groups is 1. The van der Waals surface area contributed by atoms with E-state index in [4.69, 9.17) is 14.6 Å². The number of aromatic carboxylic acids is 1. The summed E-state index contributed by atoms with van der Waals surface area (Å²) in [6, 6.07) is 14.3. The van der Waals surface area contributed by atoms with Crippen LogP contribution in [-0.2, 0) is 6.42 Å². The molecule has 0 aliphatic carbocycles. The van der Waals surface area contributed by atoms with Gasteiger partial charge in [0.1, 0.15) is 0 Å². The topological polar surface area (TPSA) is 79.5 Å². The minimum absolute atomic E-state index is 0.212. The van der Waals surface area contributed by atoms with E-state index >= 15 is 0 Å². The zero-order valence-electron chi connectivity index (χ0n) is 11.7. The van der Waals surface area contributed by atoms with Crippen molar-refractivity contribution >= 4 is 5.97 Å². The molecule has 0 aromatic heterocycles. The molecule has 0 saturated heterocycles. The van der Waals surface area contributed by atoms with Gasteiger partial charge in [-0.2, -0.15) is 5.26 Å². The largest absolute Gasteiger partial charge is 0.478 e. The summed E-state index contributed by atoms with van der Waals surface area (Å²) in [5.41, 5.74) is 1.98. The third kappa shape index (κ3) is 2.72. The third-order valence-corrected chi connectivity index (χ3v) is 3.59. The predicted molar refractivity (Wildman–Crippen MR) is 78.0 cm³/mol. The minimum atomic E-state index is -0.976. The highest BCUT2D eigenvalue weighted by Gasteiger charge is 2.17. The number of hydrogen-bond donors (Lipinski definition) is 1. The molecule has 2 aromatic carbocycles. The van der Waals surface area contributed by atoms with Gasteiger partial charge < -0.3 is 14.6 Å². The third-order valence-electron chi connectivity index (χ3n) is 3.59. The Morgan fingerprint density at radius 3 is 2.59 bits per heavy atom. The number of benzene rings is 2. The molecule has 1 N–H and O–H groups in total. The second kappa shape index (κ2) is 5.78. The maximum Gasteiger partial charge on any atom is 0.335 e. The quantitative estimate of drug-likeness (QED) is 0.938. The van der Waals surface area contributed by atoms with Crippen LogP contribution in [0.1, 0.15) is 27.4 Å². The Kier molecular flexibility index (Phi) is 3.67. The summed E-state index contributed by atoms with van der Waals surface area (Å²) in [5, 5.41) is 18.3. The summed E-state index contributed by atoms with van der Waals surface area (Å²) < 4.78 is 10.6. The Morgan fingerprint density at radius 2 is 1.91 bits per heavy atom. The van der Waals surface area contributed by atoms with E-state index in [-0.39, 0.29) is 18.3 Å². The molecule has 2 aromatic rings. The minimum Gasteiger partial charge on any atom is -0.478 e. The summed E-state index contributed by atoms with van der Waals surface area (Å²) >= 11 is 0. The predicted octanol–water partition coefficient (Wildman–Crippen LogP) is 2.96. The molecule has 0 saturated carbocycles. The van der Waals surface area contributed by atoms with Crippen LogP contribution in [-0.4, -0.2) is 17.9 Å². The van der Waals surface area contributed by atoms with Crippen LogP contribution in [0.15, 0.2) is 42.5 Å². The van der Waals surface area contributed by atoms with Crippen LogP contribution < -0.4 is 9.47 Å². The monoisotopic (exact) mass is 295 g/mol. The van der Waals surface area contributed by atoms with Crippen LogP contribution in [0.5, 0.6) is 11.5 Å². The van der Waals surface area contributed by atoms with E-state index < -0.39 is 5.97 Å². The van der Waals surface area contributed by atoms with Gasteiger partial charge in [-0.3, -0.25) is 0 Å². The van der Waals surface area contributed by atoms with Crippen molar-refractivity contribution in [3.63, 3.8) is 0 Å². The van der Waals surface area contributed by atoms with E-state index in [2.05, 4.69) is 6.07 Å². The summed E-state index contributed by atoms with van der Waals surface area (Å²) in [6.07, 6.45) is 0.527. The van der Waals surface area contributed by atoms with Crippen molar-refractivity contribution in [1.29, 1.82) is 5.26 Å². The van der Waals surface area contributed by atoms with Gasteiger partial charge in [0, 0.05) is 0 Å². The molecule has 0 radical (unpaired) electrons. The fraction of sp³-hybridized carbons (Fsp3) is 0.176. The highest BCUT2D eigenvalue weighted by atomic mass is 16.7. The first-order valence-electron chi connectivity index (χ1n) is 6.79. The molecule has 1 atom stereocenters. The Labute approximate surface area is 127 Å². The zero-order valence-corrected chi connectivity index (χ0v) is 11.7. The van der Waals surface area contributed by atoms with E-state index in [1.54, 1.807) is 12.1 Å². The van der Waals surface area contributed by atoms with Crippen molar-refractivity contribution < 1.29 is 19.4 Å². The molecule has 1 heterocycles. The van der Waals surface area contributed by atoms with Gasteiger partial charge in [-0.25, -0.2) is 4.79 Å². The molecule has 110 valence electrons. The van der Waals surface area contributed by atoms with Crippen LogP contribution >= 0.6 is 0 Å². The van der Waals surface area contributed by atoms with Crippen LogP contribution in [0.3, 0.4) is 0 Å². The summed E-state index contributed by atoms with van der Waals surface area (Å²) in [5.74, 6) is 0.0810. The highest BCUT2D eigenvalue weighted by Crippen LogP contribution is 2.34. The highest BCUT2D eigenvalue weighted by molar-refractivity contribution is 5.87. The van der Waals surface area contributed by atoms with Crippen molar-refractivity contribution in [1.82, 2.24) is 0 Å². The van der Waals surface area contributed by atoms with Crippen molar-refractivity contribution in [2.24, 2.45) is 0 Å². The molecule has 1 aliphatic rings. The lowest BCUT2D eigenvalue weighted by molar-refractivity contribution is 0.0697. The average molecular weight is 295 g/mol. The summed E-state index contributed by atoms with van der Waals surface area (Å²) in [6.45, 7) is 0.219. The molecule has 3 rings (SSSR count). The number of carboxylic acid groups (broad SMARTS) is 1. The van der Waals surface area contributed by atoms with Crippen molar-refractivity contribution in [2.45, 2.75) is 12.3 Å². The van der Waals surface area contributed by atoms with Crippen molar-refractivity contribution in [3.05, 3.63) is 59.2 Å². The van der Waals surface area contributed by atoms with Crippen LogP contribution in [0.4, 0.5) is 0 Å². The molecule has 1 aliphatic heterocycles. The Bertz CT molecular complexity index is 746. The Hall–Kier alpha value is -3.00. The van der Waals surface area contributed by atoms with Gasteiger partial charge in [0.15, 0.2) is 11.5 Å². The molecular weight excluding hydrogens is 282 g/mol. The lowest BCUT2D eigenvalue weighted by atomic mass is 9.92. The number of fused-ring (bicyclic) bond motifs is 1. The summed E-state index contributed by atoms with van der Waals surface area (Å²) in [7, 11) is 0. The first-order chi connectivity index (χ1) is 10.7. The van der Waals surface area contributed by atoms with Gasteiger partial charge in [-0.05, 0) is 41.8 Å². The van der Waals surface area contributed by atoms with E-state index in [1.807, 2.05) is 18.2 Å². The van der Waals surface area contributed by atoms with Gasteiger partial charge in [0.2, 0.25) is 6.79 Å². The first kappa shape index (κ1) is 14.0. The molecule has 1 unspecified atom stereocenters. The fourth-order valence-corrected chi connectivity index (χ4v) is 2.40. The maximum atomic E-state index is 10.9. The van der Waals surface area contributed by atoms with Crippen LogP contribution in [0.2, 0.25) is 0 Å².